The summed E-state index contributed by atoms with van der Waals surface area (Å²) < 4.78 is 1.37. The Morgan fingerprint density at radius 1 is 1.19 bits per heavy atom. The molecular formula is C20H24N4O3. The van der Waals surface area contributed by atoms with Gasteiger partial charge < -0.3 is 10.2 Å². The molecule has 1 saturated heterocycles. The number of amides is 2. The lowest BCUT2D eigenvalue weighted by molar-refractivity contribution is -0.130. The van der Waals surface area contributed by atoms with E-state index in [4.69, 9.17) is 0 Å². The van der Waals surface area contributed by atoms with Crippen LogP contribution in [0.5, 0.6) is 0 Å². The Balaban J connectivity index is 1.33. The third-order valence-corrected chi connectivity index (χ3v) is 5.68. The molecule has 2 heterocycles. The van der Waals surface area contributed by atoms with Crippen LogP contribution in [0.3, 0.4) is 0 Å². The zero-order valence-corrected chi connectivity index (χ0v) is 15.3. The van der Waals surface area contributed by atoms with Gasteiger partial charge in [-0.1, -0.05) is 31.0 Å². The van der Waals surface area contributed by atoms with Crippen LogP contribution < -0.4 is 10.9 Å². The molecule has 0 spiro atoms. The van der Waals surface area contributed by atoms with Crippen molar-refractivity contribution in [3.05, 3.63) is 40.8 Å². The van der Waals surface area contributed by atoms with Crippen LogP contribution in [0.4, 0.5) is 0 Å². The van der Waals surface area contributed by atoms with Crippen LogP contribution in [0, 0.1) is 5.92 Å². The third kappa shape index (κ3) is 3.59. The number of nitrogens with one attached hydrogen (secondary N) is 1. The van der Waals surface area contributed by atoms with E-state index in [-0.39, 0.29) is 29.7 Å². The molecule has 7 heteroatoms. The van der Waals surface area contributed by atoms with E-state index in [1.807, 2.05) is 23.1 Å². The summed E-state index contributed by atoms with van der Waals surface area (Å²) >= 11 is 0. The Morgan fingerprint density at radius 3 is 2.78 bits per heavy atom. The van der Waals surface area contributed by atoms with Gasteiger partial charge in [0.05, 0.1) is 24.0 Å². The number of fused-ring (bicyclic) bond motifs is 1. The molecular weight excluding hydrogens is 344 g/mol. The van der Waals surface area contributed by atoms with Gasteiger partial charge in [-0.05, 0) is 18.9 Å². The molecule has 1 aromatic carbocycles. The van der Waals surface area contributed by atoms with E-state index in [2.05, 4.69) is 10.4 Å². The van der Waals surface area contributed by atoms with Crippen molar-refractivity contribution >= 4 is 22.6 Å². The van der Waals surface area contributed by atoms with Crippen LogP contribution in [0.2, 0.25) is 0 Å². The monoisotopic (exact) mass is 368 g/mol. The molecule has 0 bridgehead atoms. The van der Waals surface area contributed by atoms with Crippen molar-refractivity contribution in [3.8, 4) is 0 Å². The minimum Gasteiger partial charge on any atom is -0.354 e. The summed E-state index contributed by atoms with van der Waals surface area (Å²) in [6, 6.07) is 7.63. The van der Waals surface area contributed by atoms with Crippen molar-refractivity contribution in [1.29, 1.82) is 0 Å². The van der Waals surface area contributed by atoms with Gasteiger partial charge in [-0.25, -0.2) is 4.68 Å². The lowest BCUT2D eigenvalue weighted by atomic mass is 10.1. The Labute approximate surface area is 157 Å². The largest absolute Gasteiger partial charge is 0.354 e. The van der Waals surface area contributed by atoms with Crippen molar-refractivity contribution in [2.45, 2.75) is 44.7 Å². The third-order valence-electron chi connectivity index (χ3n) is 5.68. The molecule has 1 saturated carbocycles. The second-order valence-electron chi connectivity index (χ2n) is 7.44. The Hall–Kier alpha value is -2.70. The molecule has 4 rings (SSSR count). The summed E-state index contributed by atoms with van der Waals surface area (Å²) in [5.74, 6) is -0.313. The van der Waals surface area contributed by atoms with Crippen LogP contribution in [0.15, 0.2) is 35.3 Å². The molecule has 2 amide bonds. The minimum absolute atomic E-state index is 0.0921. The van der Waals surface area contributed by atoms with Crippen molar-refractivity contribution in [2.24, 2.45) is 5.92 Å². The maximum absolute atomic E-state index is 12.4. The summed E-state index contributed by atoms with van der Waals surface area (Å²) in [6.45, 7) is 1.14. The molecule has 7 nitrogen and oxygen atoms in total. The second kappa shape index (κ2) is 7.50. The SMILES string of the molecule is O=C(NCCn1ncc2ccccc2c1=O)C1CC(=O)N(C2CCCC2)C1. The molecule has 2 fully saturated rings. The number of carbonyl (C=O) groups excluding carboxylic acids is 2. The number of hydrogen-bond donors (Lipinski definition) is 1. The van der Waals surface area contributed by atoms with Gasteiger partial charge in [0.15, 0.2) is 0 Å². The zero-order chi connectivity index (χ0) is 18.8. The Morgan fingerprint density at radius 2 is 1.96 bits per heavy atom. The van der Waals surface area contributed by atoms with E-state index < -0.39 is 0 Å². The van der Waals surface area contributed by atoms with E-state index in [9.17, 15) is 14.4 Å². The predicted octanol–water partition coefficient (Wildman–Crippen LogP) is 1.30. The first-order valence-electron chi connectivity index (χ1n) is 9.65. The number of carbonyl (C=O) groups is 2. The lowest BCUT2D eigenvalue weighted by Gasteiger charge is -2.23. The van der Waals surface area contributed by atoms with Gasteiger partial charge in [0.25, 0.3) is 5.56 Å². The van der Waals surface area contributed by atoms with E-state index in [1.54, 1.807) is 12.3 Å². The number of benzene rings is 1. The van der Waals surface area contributed by atoms with E-state index in [0.717, 1.165) is 18.2 Å². The highest BCUT2D eigenvalue weighted by Crippen LogP contribution is 2.29. The van der Waals surface area contributed by atoms with Crippen LogP contribution in [-0.2, 0) is 16.1 Å². The van der Waals surface area contributed by atoms with Crippen LogP contribution in [0.25, 0.3) is 10.8 Å². The molecule has 2 aliphatic rings. The van der Waals surface area contributed by atoms with Crippen LogP contribution >= 0.6 is 0 Å². The first-order chi connectivity index (χ1) is 13.1. The van der Waals surface area contributed by atoms with Gasteiger partial charge in [-0.2, -0.15) is 5.10 Å². The Bertz CT molecular complexity index is 917. The van der Waals surface area contributed by atoms with E-state index >= 15 is 0 Å². The van der Waals surface area contributed by atoms with Gasteiger partial charge in [0, 0.05) is 30.9 Å². The number of rotatable bonds is 5. The van der Waals surface area contributed by atoms with E-state index in [1.165, 1.54) is 17.5 Å². The first-order valence-corrected chi connectivity index (χ1v) is 9.65. The van der Waals surface area contributed by atoms with Gasteiger partial charge in [-0.3, -0.25) is 14.4 Å². The summed E-state index contributed by atoms with van der Waals surface area (Å²) in [5, 5.41) is 8.45. The summed E-state index contributed by atoms with van der Waals surface area (Å²) in [6.07, 6.45) is 6.38. The van der Waals surface area contributed by atoms with Crippen molar-refractivity contribution in [2.75, 3.05) is 13.1 Å². The number of likely N-dealkylation sites (tertiary alicyclic amines) is 1. The fourth-order valence-electron chi connectivity index (χ4n) is 4.19. The van der Waals surface area contributed by atoms with Gasteiger partial charge in [0.2, 0.25) is 11.8 Å². The predicted molar refractivity (Wildman–Crippen MR) is 101 cm³/mol. The van der Waals surface area contributed by atoms with Crippen LogP contribution in [0.1, 0.15) is 32.1 Å². The highest BCUT2D eigenvalue weighted by Gasteiger charge is 2.38. The fraction of sp³-hybridized carbons (Fsp3) is 0.500. The lowest BCUT2D eigenvalue weighted by Crippen LogP contribution is -2.38. The van der Waals surface area contributed by atoms with Crippen molar-refractivity contribution in [3.63, 3.8) is 0 Å². The number of aromatic nitrogens is 2. The minimum atomic E-state index is -0.292. The quantitative estimate of drug-likeness (QED) is 0.862. The van der Waals surface area contributed by atoms with Crippen molar-refractivity contribution < 1.29 is 9.59 Å². The molecule has 1 atom stereocenters. The highest BCUT2D eigenvalue weighted by atomic mass is 16.2. The summed E-state index contributed by atoms with van der Waals surface area (Å²) in [5.41, 5.74) is -0.161. The molecule has 2 aromatic rings. The van der Waals surface area contributed by atoms with Crippen LogP contribution in [-0.4, -0.2) is 45.6 Å². The maximum atomic E-state index is 12.4. The number of hydrogen-bond acceptors (Lipinski definition) is 4. The summed E-state index contributed by atoms with van der Waals surface area (Å²) in [7, 11) is 0. The second-order valence-corrected chi connectivity index (χ2v) is 7.44. The first kappa shape index (κ1) is 17.7. The number of nitrogens with zero attached hydrogens (tertiary/aromatic N) is 3. The standard InChI is InChI=1S/C20H24N4O3/c25-18-11-15(13-23(18)16-6-2-3-7-16)19(26)21-9-10-24-20(27)17-8-4-1-5-14(17)12-22-24/h1,4-5,8,12,15-16H,2-3,6-7,9-11,13H2,(H,21,26). The Kier molecular flexibility index (Phi) is 4.92. The smallest absolute Gasteiger partial charge is 0.274 e. The molecule has 27 heavy (non-hydrogen) atoms. The zero-order valence-electron chi connectivity index (χ0n) is 15.3. The molecule has 142 valence electrons. The molecule has 1 aliphatic heterocycles. The molecule has 1 aromatic heterocycles. The normalized spacial score (nSPS) is 20.5. The molecule has 1 N–H and O–H groups in total. The van der Waals surface area contributed by atoms with E-state index in [0.29, 0.717) is 31.1 Å². The highest BCUT2D eigenvalue weighted by molar-refractivity contribution is 5.89. The topological polar surface area (TPSA) is 84.3 Å². The van der Waals surface area contributed by atoms with Gasteiger partial charge in [0.1, 0.15) is 0 Å². The van der Waals surface area contributed by atoms with Gasteiger partial charge in [-0.15, -0.1) is 0 Å². The maximum Gasteiger partial charge on any atom is 0.274 e. The average Bonchev–Trinajstić information content (AvgIpc) is 3.33. The molecule has 1 aliphatic carbocycles. The average molecular weight is 368 g/mol. The summed E-state index contributed by atoms with van der Waals surface area (Å²) in [4.78, 5) is 39.0. The molecule has 1 unspecified atom stereocenters. The fourth-order valence-corrected chi connectivity index (χ4v) is 4.19. The molecule has 0 radical (unpaired) electrons. The van der Waals surface area contributed by atoms with Gasteiger partial charge >= 0.3 is 0 Å². The van der Waals surface area contributed by atoms with Crippen molar-refractivity contribution in [1.82, 2.24) is 20.0 Å².